The van der Waals surface area contributed by atoms with Crippen molar-refractivity contribution in [2.24, 2.45) is 0 Å². The molecule has 2 aromatic carbocycles. The van der Waals surface area contributed by atoms with Gasteiger partial charge in [0.25, 0.3) is 5.91 Å². The summed E-state index contributed by atoms with van der Waals surface area (Å²) in [6.45, 7) is 6.30. The van der Waals surface area contributed by atoms with E-state index in [2.05, 4.69) is 36.8 Å². The Labute approximate surface area is 198 Å². The van der Waals surface area contributed by atoms with E-state index in [1.807, 2.05) is 37.5 Å². The summed E-state index contributed by atoms with van der Waals surface area (Å²) >= 11 is 4.38. The van der Waals surface area contributed by atoms with E-state index in [1.165, 1.54) is 23.9 Å². The molecule has 168 valence electrons. The van der Waals surface area contributed by atoms with Crippen molar-refractivity contribution in [3.8, 4) is 0 Å². The van der Waals surface area contributed by atoms with Crippen LogP contribution in [0.3, 0.4) is 0 Å². The highest BCUT2D eigenvalue weighted by atomic mass is 79.9. The molecule has 0 aliphatic carbocycles. The third-order valence-electron chi connectivity index (χ3n) is 4.65. The van der Waals surface area contributed by atoms with Gasteiger partial charge in [-0.05, 0) is 51.1 Å². The van der Waals surface area contributed by atoms with Crippen molar-refractivity contribution >= 4 is 45.2 Å². The number of aryl methyl sites for hydroxylation is 1. The Morgan fingerprint density at radius 1 is 1.19 bits per heavy atom. The summed E-state index contributed by atoms with van der Waals surface area (Å²) in [5, 5.41) is 14.4. The Morgan fingerprint density at radius 2 is 1.91 bits per heavy atom. The molecule has 0 saturated carbocycles. The van der Waals surface area contributed by atoms with E-state index < -0.39 is 5.82 Å². The Morgan fingerprint density at radius 3 is 2.56 bits per heavy atom. The van der Waals surface area contributed by atoms with Crippen molar-refractivity contribution in [2.45, 2.75) is 38.5 Å². The van der Waals surface area contributed by atoms with Crippen molar-refractivity contribution in [3.05, 3.63) is 69.7 Å². The Kier molecular flexibility index (Phi) is 8.03. The topological polar surface area (TPSA) is 88.9 Å². The third kappa shape index (κ3) is 5.95. The number of aromatic nitrogens is 3. The van der Waals surface area contributed by atoms with Gasteiger partial charge in [0.1, 0.15) is 5.82 Å². The van der Waals surface area contributed by atoms with Crippen molar-refractivity contribution in [2.75, 3.05) is 11.1 Å². The highest BCUT2D eigenvalue weighted by molar-refractivity contribution is 9.10. The predicted octanol–water partition coefficient (Wildman–Crippen LogP) is 4.73. The molecule has 0 bridgehead atoms. The first-order valence-electron chi connectivity index (χ1n) is 9.96. The van der Waals surface area contributed by atoms with E-state index in [9.17, 15) is 14.0 Å². The van der Waals surface area contributed by atoms with Crippen LogP contribution in [-0.2, 0) is 11.3 Å². The number of halogens is 2. The number of benzene rings is 2. The molecule has 0 aliphatic heterocycles. The molecule has 1 atom stereocenters. The fraction of sp³-hybridized carbons (Fsp3) is 0.273. The molecule has 1 aromatic heterocycles. The molecular weight excluding hydrogens is 497 g/mol. The number of carbonyl (C=O) groups excluding carboxylic acids is 2. The molecule has 0 fully saturated rings. The van der Waals surface area contributed by atoms with E-state index in [0.717, 1.165) is 5.56 Å². The zero-order valence-corrected chi connectivity index (χ0v) is 20.3. The van der Waals surface area contributed by atoms with Crippen LogP contribution in [0.2, 0.25) is 0 Å². The van der Waals surface area contributed by atoms with E-state index in [0.29, 0.717) is 27.6 Å². The average Bonchev–Trinajstić information content (AvgIpc) is 3.17. The van der Waals surface area contributed by atoms with Crippen molar-refractivity contribution < 1.29 is 14.0 Å². The second-order valence-corrected chi connectivity index (χ2v) is 8.97. The molecule has 3 aromatic rings. The minimum atomic E-state index is -0.519. The zero-order chi connectivity index (χ0) is 23.3. The monoisotopic (exact) mass is 519 g/mol. The van der Waals surface area contributed by atoms with Crippen LogP contribution in [0.15, 0.2) is 52.1 Å². The van der Waals surface area contributed by atoms with Gasteiger partial charge >= 0.3 is 0 Å². The van der Waals surface area contributed by atoms with Gasteiger partial charge in [0.15, 0.2) is 11.0 Å². The summed E-state index contributed by atoms with van der Waals surface area (Å²) in [6, 6.07) is 11.4. The van der Waals surface area contributed by atoms with E-state index >= 15 is 0 Å². The standard InChI is InChI=1S/C22H23BrFN5O2S/c1-4-29-20(14(3)25-21(31)15-7-5-13(2)6-8-15)27-28-22(29)32-12-19(30)26-18-10-9-16(23)11-17(18)24/h5-11,14H,4,12H2,1-3H3,(H,25,31)(H,26,30)/t14-/m0/s1. The van der Waals surface area contributed by atoms with Gasteiger partial charge in [0, 0.05) is 16.6 Å². The van der Waals surface area contributed by atoms with Gasteiger partial charge in [-0.3, -0.25) is 9.59 Å². The average molecular weight is 520 g/mol. The number of carbonyl (C=O) groups is 2. The van der Waals surface area contributed by atoms with Crippen LogP contribution in [0.4, 0.5) is 10.1 Å². The highest BCUT2D eigenvalue weighted by Gasteiger charge is 2.20. The number of anilines is 1. The van der Waals surface area contributed by atoms with Crippen LogP contribution < -0.4 is 10.6 Å². The van der Waals surface area contributed by atoms with Crippen LogP contribution in [0, 0.1) is 12.7 Å². The summed E-state index contributed by atoms with van der Waals surface area (Å²) in [5.41, 5.74) is 1.76. The number of hydrogen-bond donors (Lipinski definition) is 2. The molecule has 2 amide bonds. The number of hydrogen-bond acceptors (Lipinski definition) is 5. The largest absolute Gasteiger partial charge is 0.342 e. The van der Waals surface area contributed by atoms with E-state index in [4.69, 9.17) is 0 Å². The summed E-state index contributed by atoms with van der Waals surface area (Å²) < 4.78 is 16.4. The maximum atomic E-state index is 13.9. The van der Waals surface area contributed by atoms with Gasteiger partial charge in [0.05, 0.1) is 17.5 Å². The number of amides is 2. The van der Waals surface area contributed by atoms with Gasteiger partial charge in [-0.2, -0.15) is 0 Å². The number of thioether (sulfide) groups is 1. The first kappa shape index (κ1) is 23.9. The maximum Gasteiger partial charge on any atom is 0.251 e. The van der Waals surface area contributed by atoms with E-state index in [-0.39, 0.29) is 29.3 Å². The molecule has 7 nitrogen and oxygen atoms in total. The number of nitrogens with one attached hydrogen (secondary N) is 2. The Balaban J connectivity index is 1.62. The Hall–Kier alpha value is -2.72. The molecule has 1 heterocycles. The van der Waals surface area contributed by atoms with Crippen molar-refractivity contribution in [3.63, 3.8) is 0 Å². The molecule has 0 saturated heterocycles. The minimum Gasteiger partial charge on any atom is -0.342 e. The van der Waals surface area contributed by atoms with Crippen molar-refractivity contribution in [1.29, 1.82) is 0 Å². The number of rotatable bonds is 8. The lowest BCUT2D eigenvalue weighted by Gasteiger charge is -2.15. The third-order valence-corrected chi connectivity index (χ3v) is 6.11. The molecule has 32 heavy (non-hydrogen) atoms. The first-order chi connectivity index (χ1) is 15.3. The SMILES string of the molecule is CCn1c(SCC(=O)Nc2ccc(Br)cc2F)nnc1[C@H](C)NC(=O)c1ccc(C)cc1. The quantitative estimate of drug-likeness (QED) is 0.420. The normalized spacial score (nSPS) is 11.8. The maximum absolute atomic E-state index is 13.9. The summed E-state index contributed by atoms with van der Waals surface area (Å²) in [4.78, 5) is 24.8. The van der Waals surface area contributed by atoms with Crippen LogP contribution in [0.1, 0.15) is 41.6 Å². The lowest BCUT2D eigenvalue weighted by atomic mass is 10.1. The van der Waals surface area contributed by atoms with Gasteiger partial charge in [-0.15, -0.1) is 10.2 Å². The van der Waals surface area contributed by atoms with Crippen LogP contribution >= 0.6 is 27.7 Å². The minimum absolute atomic E-state index is 0.0394. The molecule has 0 aliphatic rings. The summed E-state index contributed by atoms with van der Waals surface area (Å²) in [5.74, 6) is -0.445. The van der Waals surface area contributed by atoms with Crippen LogP contribution in [-0.4, -0.2) is 32.3 Å². The van der Waals surface area contributed by atoms with Crippen LogP contribution in [0.5, 0.6) is 0 Å². The molecule has 3 rings (SSSR count). The molecule has 10 heteroatoms. The van der Waals surface area contributed by atoms with Crippen molar-refractivity contribution in [1.82, 2.24) is 20.1 Å². The lowest BCUT2D eigenvalue weighted by Crippen LogP contribution is -2.28. The zero-order valence-electron chi connectivity index (χ0n) is 17.9. The van der Waals surface area contributed by atoms with Gasteiger partial charge in [-0.1, -0.05) is 45.4 Å². The summed E-state index contributed by atoms with van der Waals surface area (Å²) in [6.07, 6.45) is 0. The predicted molar refractivity (Wildman–Crippen MR) is 126 cm³/mol. The molecular formula is C22H23BrFN5O2S. The fourth-order valence-corrected chi connectivity index (χ4v) is 4.12. The van der Waals surface area contributed by atoms with E-state index in [1.54, 1.807) is 18.2 Å². The fourth-order valence-electron chi connectivity index (χ4n) is 2.98. The molecule has 0 unspecified atom stereocenters. The Bertz CT molecular complexity index is 1120. The molecule has 0 radical (unpaired) electrons. The molecule has 2 N–H and O–H groups in total. The lowest BCUT2D eigenvalue weighted by molar-refractivity contribution is -0.113. The second-order valence-electron chi connectivity index (χ2n) is 7.11. The van der Waals surface area contributed by atoms with Crippen LogP contribution in [0.25, 0.3) is 0 Å². The van der Waals surface area contributed by atoms with Gasteiger partial charge < -0.3 is 15.2 Å². The van der Waals surface area contributed by atoms with Gasteiger partial charge in [0.2, 0.25) is 5.91 Å². The highest BCUT2D eigenvalue weighted by Crippen LogP contribution is 2.23. The first-order valence-corrected chi connectivity index (χ1v) is 11.7. The number of nitrogens with zero attached hydrogens (tertiary/aromatic N) is 3. The molecule has 0 spiro atoms. The second kappa shape index (κ2) is 10.7. The smallest absolute Gasteiger partial charge is 0.251 e. The van der Waals surface area contributed by atoms with Gasteiger partial charge in [-0.25, -0.2) is 4.39 Å². The summed E-state index contributed by atoms with van der Waals surface area (Å²) in [7, 11) is 0.